The van der Waals surface area contributed by atoms with E-state index in [1.54, 1.807) is 12.1 Å². The highest BCUT2D eigenvalue weighted by Gasteiger charge is 2.21. The van der Waals surface area contributed by atoms with Crippen molar-refractivity contribution in [2.24, 2.45) is 0 Å². The molecule has 1 N–H and O–H groups in total. The first-order chi connectivity index (χ1) is 9.08. The molecule has 1 aliphatic carbocycles. The number of benzene rings is 1. The third-order valence-electron chi connectivity index (χ3n) is 3.53. The maximum absolute atomic E-state index is 14.0. The normalized spacial score (nSPS) is 15.0. The lowest BCUT2D eigenvalue weighted by Gasteiger charge is -2.24. The van der Waals surface area contributed by atoms with Gasteiger partial charge < -0.3 is 15.1 Å². The van der Waals surface area contributed by atoms with Gasteiger partial charge in [-0.25, -0.2) is 4.39 Å². The monoisotopic (exact) mass is 265 g/mol. The molecule has 0 saturated heterocycles. The summed E-state index contributed by atoms with van der Waals surface area (Å²) in [5.41, 5.74) is 1.78. The SMILES string of the molecule is CN(C)CCN(C)c1cccc(F)c1CNC1CC1. The molecule has 3 nitrogen and oxygen atoms in total. The fourth-order valence-corrected chi connectivity index (χ4v) is 2.08. The van der Waals surface area contributed by atoms with Gasteiger partial charge in [0.1, 0.15) is 5.82 Å². The van der Waals surface area contributed by atoms with Crippen LogP contribution in [0.15, 0.2) is 18.2 Å². The van der Waals surface area contributed by atoms with Crippen LogP contribution in [0.3, 0.4) is 0 Å². The summed E-state index contributed by atoms with van der Waals surface area (Å²) in [6, 6.07) is 5.94. The molecular formula is C15H24FN3. The van der Waals surface area contributed by atoms with Crippen molar-refractivity contribution >= 4 is 5.69 Å². The second-order valence-electron chi connectivity index (χ2n) is 5.62. The molecule has 106 valence electrons. The topological polar surface area (TPSA) is 18.5 Å². The lowest BCUT2D eigenvalue weighted by Crippen LogP contribution is -2.30. The van der Waals surface area contributed by atoms with Gasteiger partial charge in [-0.05, 0) is 39.1 Å². The molecule has 0 spiro atoms. The van der Waals surface area contributed by atoms with Crippen molar-refractivity contribution in [1.82, 2.24) is 10.2 Å². The van der Waals surface area contributed by atoms with Crippen LogP contribution in [-0.4, -0.2) is 45.2 Å². The number of halogens is 1. The maximum atomic E-state index is 14.0. The molecule has 1 aromatic rings. The van der Waals surface area contributed by atoms with Gasteiger partial charge in [-0.3, -0.25) is 0 Å². The summed E-state index contributed by atoms with van der Waals surface area (Å²) in [5.74, 6) is -0.109. The van der Waals surface area contributed by atoms with E-state index in [9.17, 15) is 4.39 Å². The van der Waals surface area contributed by atoms with Gasteiger partial charge in [0.25, 0.3) is 0 Å². The summed E-state index contributed by atoms with van der Waals surface area (Å²) >= 11 is 0. The van der Waals surface area contributed by atoms with E-state index in [-0.39, 0.29) is 5.82 Å². The Morgan fingerprint density at radius 3 is 2.58 bits per heavy atom. The van der Waals surface area contributed by atoms with Crippen molar-refractivity contribution in [2.45, 2.75) is 25.4 Å². The molecule has 1 aromatic carbocycles. The average molecular weight is 265 g/mol. The molecule has 1 saturated carbocycles. The van der Waals surface area contributed by atoms with Gasteiger partial charge in [-0.1, -0.05) is 6.07 Å². The molecule has 0 bridgehead atoms. The Hall–Kier alpha value is -1.13. The summed E-state index contributed by atoms with van der Waals surface area (Å²) < 4.78 is 14.0. The molecule has 19 heavy (non-hydrogen) atoms. The fraction of sp³-hybridized carbons (Fsp3) is 0.600. The summed E-state index contributed by atoms with van der Waals surface area (Å²) in [6.07, 6.45) is 2.44. The van der Waals surface area contributed by atoms with Crippen LogP contribution in [0.2, 0.25) is 0 Å². The van der Waals surface area contributed by atoms with Crippen LogP contribution in [-0.2, 0) is 6.54 Å². The van der Waals surface area contributed by atoms with Gasteiger partial charge in [0.15, 0.2) is 0 Å². The van der Waals surface area contributed by atoms with Crippen LogP contribution in [0.25, 0.3) is 0 Å². The highest BCUT2D eigenvalue weighted by molar-refractivity contribution is 5.53. The molecular weight excluding hydrogens is 241 g/mol. The summed E-state index contributed by atoms with van der Waals surface area (Å²) in [6.45, 7) is 2.48. The number of anilines is 1. The van der Waals surface area contributed by atoms with Gasteiger partial charge >= 0.3 is 0 Å². The Morgan fingerprint density at radius 2 is 1.95 bits per heavy atom. The Morgan fingerprint density at radius 1 is 1.21 bits per heavy atom. The largest absolute Gasteiger partial charge is 0.373 e. The highest BCUT2D eigenvalue weighted by Crippen LogP contribution is 2.25. The third kappa shape index (κ3) is 4.18. The van der Waals surface area contributed by atoms with Crippen LogP contribution in [0.5, 0.6) is 0 Å². The summed E-state index contributed by atoms with van der Waals surface area (Å²) in [7, 11) is 6.13. The van der Waals surface area contributed by atoms with Crippen molar-refractivity contribution in [1.29, 1.82) is 0 Å². The summed E-state index contributed by atoms with van der Waals surface area (Å²) in [5, 5.41) is 3.40. The molecule has 0 atom stereocenters. The number of hydrogen-bond donors (Lipinski definition) is 1. The molecule has 1 fully saturated rings. The van der Waals surface area contributed by atoms with Crippen molar-refractivity contribution in [3.05, 3.63) is 29.6 Å². The van der Waals surface area contributed by atoms with Crippen molar-refractivity contribution in [3.8, 4) is 0 Å². The van der Waals surface area contributed by atoms with Crippen LogP contribution in [0.1, 0.15) is 18.4 Å². The smallest absolute Gasteiger partial charge is 0.129 e. The van der Waals surface area contributed by atoms with Gasteiger partial charge in [0.2, 0.25) is 0 Å². The number of hydrogen-bond acceptors (Lipinski definition) is 3. The van der Waals surface area contributed by atoms with E-state index in [4.69, 9.17) is 0 Å². The molecule has 0 heterocycles. The fourth-order valence-electron chi connectivity index (χ4n) is 2.08. The van der Waals surface area contributed by atoms with Crippen molar-refractivity contribution < 1.29 is 4.39 Å². The van der Waals surface area contributed by atoms with E-state index >= 15 is 0 Å². The Balaban J connectivity index is 2.06. The molecule has 0 aliphatic heterocycles. The average Bonchev–Trinajstić information content (AvgIpc) is 3.18. The number of likely N-dealkylation sites (N-methyl/N-ethyl adjacent to an activating group) is 2. The van der Waals surface area contributed by atoms with Crippen LogP contribution < -0.4 is 10.2 Å². The molecule has 1 aliphatic rings. The lowest BCUT2D eigenvalue weighted by molar-refractivity contribution is 0.416. The van der Waals surface area contributed by atoms with E-state index in [0.717, 1.165) is 24.3 Å². The Bertz CT molecular complexity index is 416. The quantitative estimate of drug-likeness (QED) is 0.814. The van der Waals surface area contributed by atoms with Crippen LogP contribution >= 0.6 is 0 Å². The molecule has 2 rings (SSSR count). The zero-order valence-electron chi connectivity index (χ0n) is 12.1. The Kier molecular flexibility index (Phi) is 4.77. The standard InChI is InChI=1S/C15H24FN3/c1-18(2)9-10-19(3)15-6-4-5-14(16)13(15)11-17-12-7-8-12/h4-6,12,17H,7-11H2,1-3H3. The second kappa shape index (κ2) is 6.35. The number of nitrogens with zero attached hydrogens (tertiary/aromatic N) is 2. The number of rotatable bonds is 7. The second-order valence-corrected chi connectivity index (χ2v) is 5.62. The Labute approximate surface area is 115 Å². The first-order valence-corrected chi connectivity index (χ1v) is 6.94. The van der Waals surface area contributed by atoms with E-state index in [0.29, 0.717) is 12.6 Å². The first kappa shape index (κ1) is 14.3. The maximum Gasteiger partial charge on any atom is 0.129 e. The van der Waals surface area contributed by atoms with Gasteiger partial charge in [0, 0.05) is 44.0 Å². The van der Waals surface area contributed by atoms with Gasteiger partial charge in [-0.15, -0.1) is 0 Å². The van der Waals surface area contributed by atoms with Crippen LogP contribution in [0, 0.1) is 5.82 Å². The van der Waals surface area contributed by atoms with Gasteiger partial charge in [0.05, 0.1) is 0 Å². The predicted octanol–water partition coefficient (Wildman–Crippen LogP) is 2.08. The highest BCUT2D eigenvalue weighted by atomic mass is 19.1. The number of nitrogens with one attached hydrogen (secondary N) is 1. The van der Waals surface area contributed by atoms with Crippen LogP contribution in [0.4, 0.5) is 10.1 Å². The van der Waals surface area contributed by atoms with Gasteiger partial charge in [-0.2, -0.15) is 0 Å². The third-order valence-corrected chi connectivity index (χ3v) is 3.53. The minimum absolute atomic E-state index is 0.109. The van der Waals surface area contributed by atoms with E-state index in [1.807, 2.05) is 13.1 Å². The zero-order chi connectivity index (χ0) is 13.8. The first-order valence-electron chi connectivity index (χ1n) is 6.94. The molecule has 4 heteroatoms. The van der Waals surface area contributed by atoms with E-state index in [2.05, 4.69) is 29.2 Å². The minimum Gasteiger partial charge on any atom is -0.373 e. The molecule has 0 radical (unpaired) electrons. The molecule has 0 amide bonds. The minimum atomic E-state index is -0.109. The molecule has 0 aromatic heterocycles. The van der Waals surface area contributed by atoms with Crippen molar-refractivity contribution in [2.75, 3.05) is 39.1 Å². The summed E-state index contributed by atoms with van der Waals surface area (Å²) in [4.78, 5) is 4.27. The van der Waals surface area contributed by atoms with E-state index in [1.165, 1.54) is 12.8 Å². The zero-order valence-corrected chi connectivity index (χ0v) is 12.1. The van der Waals surface area contributed by atoms with Crippen molar-refractivity contribution in [3.63, 3.8) is 0 Å². The molecule has 0 unspecified atom stereocenters. The van der Waals surface area contributed by atoms with E-state index < -0.39 is 0 Å². The predicted molar refractivity (Wildman–Crippen MR) is 78.1 cm³/mol. The lowest BCUT2D eigenvalue weighted by atomic mass is 10.1.